The van der Waals surface area contributed by atoms with Crippen LogP contribution in [0.5, 0.6) is 0 Å². The van der Waals surface area contributed by atoms with E-state index in [9.17, 15) is 9.18 Å². The summed E-state index contributed by atoms with van der Waals surface area (Å²) in [6.45, 7) is 5.62. The quantitative estimate of drug-likeness (QED) is 0.882. The Morgan fingerprint density at radius 1 is 1.47 bits per heavy atom. The molecule has 94 valence electrons. The summed E-state index contributed by atoms with van der Waals surface area (Å²) in [5.74, 6) is -0.744. The molecule has 0 aliphatic rings. The van der Waals surface area contributed by atoms with Crippen molar-refractivity contribution in [3.63, 3.8) is 0 Å². The molecule has 1 rings (SSSR count). The molecular formula is C12H16BrFN2O. The van der Waals surface area contributed by atoms with Gasteiger partial charge in [-0.2, -0.15) is 0 Å². The first-order valence-corrected chi connectivity index (χ1v) is 6.02. The van der Waals surface area contributed by atoms with Crippen LogP contribution in [0.1, 0.15) is 20.8 Å². The number of amides is 1. The summed E-state index contributed by atoms with van der Waals surface area (Å²) in [6.07, 6.45) is 0. The van der Waals surface area contributed by atoms with E-state index < -0.39 is 11.9 Å². The van der Waals surface area contributed by atoms with Crippen LogP contribution in [0.25, 0.3) is 0 Å². The predicted molar refractivity (Wildman–Crippen MR) is 70.2 cm³/mol. The monoisotopic (exact) mass is 302 g/mol. The maximum Gasteiger partial charge on any atom is 0.241 e. The number of carbonyl (C=O) groups excluding carboxylic acids is 1. The highest BCUT2D eigenvalue weighted by atomic mass is 79.9. The fourth-order valence-electron chi connectivity index (χ4n) is 1.19. The molecule has 0 aliphatic heterocycles. The van der Waals surface area contributed by atoms with Crippen LogP contribution in [-0.4, -0.2) is 11.9 Å². The lowest BCUT2D eigenvalue weighted by Gasteiger charge is -2.25. The zero-order chi connectivity index (χ0) is 13.2. The second-order valence-corrected chi connectivity index (χ2v) is 5.82. The normalized spacial score (nSPS) is 13.3. The van der Waals surface area contributed by atoms with Crippen LogP contribution in [0.4, 0.5) is 10.1 Å². The number of nitrogens with two attached hydrogens (primary N) is 1. The Morgan fingerprint density at radius 2 is 2.06 bits per heavy atom. The van der Waals surface area contributed by atoms with Gasteiger partial charge in [0.25, 0.3) is 0 Å². The zero-order valence-electron chi connectivity index (χ0n) is 10.1. The van der Waals surface area contributed by atoms with E-state index in [1.165, 1.54) is 12.1 Å². The SMILES string of the molecule is CC(C)(C)[C@H](N)C(=O)Nc1ccc(Br)c(F)c1. The molecule has 0 aromatic heterocycles. The maximum absolute atomic E-state index is 13.2. The molecule has 0 saturated heterocycles. The molecule has 17 heavy (non-hydrogen) atoms. The van der Waals surface area contributed by atoms with Gasteiger partial charge in [-0.3, -0.25) is 4.79 Å². The molecular weight excluding hydrogens is 287 g/mol. The number of nitrogens with one attached hydrogen (secondary N) is 1. The number of hydrogen-bond acceptors (Lipinski definition) is 2. The van der Waals surface area contributed by atoms with Crippen LogP contribution in [0.3, 0.4) is 0 Å². The van der Waals surface area contributed by atoms with Crippen molar-refractivity contribution in [2.24, 2.45) is 11.1 Å². The van der Waals surface area contributed by atoms with Crippen molar-refractivity contribution in [3.05, 3.63) is 28.5 Å². The molecule has 5 heteroatoms. The summed E-state index contributed by atoms with van der Waals surface area (Å²) in [7, 11) is 0. The van der Waals surface area contributed by atoms with E-state index >= 15 is 0 Å². The van der Waals surface area contributed by atoms with Gasteiger partial charge in [-0.05, 0) is 39.5 Å². The number of anilines is 1. The maximum atomic E-state index is 13.2. The van der Waals surface area contributed by atoms with Gasteiger partial charge < -0.3 is 11.1 Å². The highest BCUT2D eigenvalue weighted by Crippen LogP contribution is 2.21. The van der Waals surface area contributed by atoms with E-state index in [4.69, 9.17) is 5.73 Å². The van der Waals surface area contributed by atoms with Gasteiger partial charge in [-0.25, -0.2) is 4.39 Å². The number of carbonyl (C=O) groups is 1. The summed E-state index contributed by atoms with van der Waals surface area (Å²) in [6, 6.07) is 3.75. The van der Waals surface area contributed by atoms with Crippen molar-refractivity contribution in [3.8, 4) is 0 Å². The van der Waals surface area contributed by atoms with E-state index in [2.05, 4.69) is 21.2 Å². The average Bonchev–Trinajstić information content (AvgIpc) is 2.21. The van der Waals surface area contributed by atoms with E-state index in [1.54, 1.807) is 6.07 Å². The van der Waals surface area contributed by atoms with Gasteiger partial charge in [0.15, 0.2) is 0 Å². The summed E-state index contributed by atoms with van der Waals surface area (Å²) >= 11 is 3.04. The van der Waals surface area contributed by atoms with Crippen molar-refractivity contribution >= 4 is 27.5 Å². The van der Waals surface area contributed by atoms with Crippen molar-refractivity contribution in [2.45, 2.75) is 26.8 Å². The fraction of sp³-hybridized carbons (Fsp3) is 0.417. The highest BCUT2D eigenvalue weighted by Gasteiger charge is 2.27. The molecule has 1 atom stereocenters. The van der Waals surface area contributed by atoms with E-state index in [-0.39, 0.29) is 11.3 Å². The molecule has 1 amide bonds. The van der Waals surface area contributed by atoms with Crippen LogP contribution >= 0.6 is 15.9 Å². The van der Waals surface area contributed by atoms with Crippen LogP contribution in [0, 0.1) is 11.2 Å². The van der Waals surface area contributed by atoms with Crippen LogP contribution in [0.15, 0.2) is 22.7 Å². The standard InChI is InChI=1S/C12H16BrFN2O/c1-12(2,3)10(15)11(17)16-7-4-5-8(13)9(14)6-7/h4-6,10H,15H2,1-3H3,(H,16,17)/t10-/m1/s1. The predicted octanol–water partition coefficient (Wildman–Crippen LogP) is 2.90. The third-order valence-corrected chi connectivity index (χ3v) is 3.05. The minimum absolute atomic E-state index is 0.320. The Hall–Kier alpha value is -0.940. The van der Waals surface area contributed by atoms with Gasteiger partial charge in [-0.1, -0.05) is 20.8 Å². The average molecular weight is 303 g/mol. The van der Waals surface area contributed by atoms with Gasteiger partial charge in [0.05, 0.1) is 10.5 Å². The second kappa shape index (κ2) is 5.14. The fourth-order valence-corrected chi connectivity index (χ4v) is 1.43. The lowest BCUT2D eigenvalue weighted by Crippen LogP contribution is -2.45. The highest BCUT2D eigenvalue weighted by molar-refractivity contribution is 9.10. The molecule has 0 spiro atoms. The van der Waals surface area contributed by atoms with Crippen molar-refractivity contribution in [1.82, 2.24) is 0 Å². The summed E-state index contributed by atoms with van der Waals surface area (Å²) in [5.41, 5.74) is 5.86. The van der Waals surface area contributed by atoms with E-state index in [1.807, 2.05) is 20.8 Å². The summed E-state index contributed by atoms with van der Waals surface area (Å²) < 4.78 is 13.6. The minimum Gasteiger partial charge on any atom is -0.325 e. The Labute approximate surface area is 109 Å². The first-order valence-electron chi connectivity index (χ1n) is 5.23. The zero-order valence-corrected chi connectivity index (χ0v) is 11.6. The van der Waals surface area contributed by atoms with Crippen molar-refractivity contribution < 1.29 is 9.18 Å². The molecule has 0 fully saturated rings. The smallest absolute Gasteiger partial charge is 0.241 e. The molecule has 0 heterocycles. The first-order chi connectivity index (χ1) is 7.71. The van der Waals surface area contributed by atoms with Gasteiger partial charge in [0.1, 0.15) is 5.82 Å². The molecule has 0 radical (unpaired) electrons. The minimum atomic E-state index is -0.644. The van der Waals surface area contributed by atoms with Crippen LogP contribution < -0.4 is 11.1 Å². The Balaban J connectivity index is 2.78. The Kier molecular flexibility index (Phi) is 4.27. The molecule has 0 bridgehead atoms. The van der Waals surface area contributed by atoms with Crippen molar-refractivity contribution in [1.29, 1.82) is 0 Å². The van der Waals surface area contributed by atoms with Gasteiger partial charge >= 0.3 is 0 Å². The lowest BCUT2D eigenvalue weighted by atomic mass is 9.87. The lowest BCUT2D eigenvalue weighted by molar-refractivity contribution is -0.119. The molecule has 1 aromatic carbocycles. The Morgan fingerprint density at radius 3 is 2.53 bits per heavy atom. The molecule has 0 aliphatic carbocycles. The van der Waals surface area contributed by atoms with Gasteiger partial charge in [0, 0.05) is 5.69 Å². The molecule has 0 saturated carbocycles. The summed E-state index contributed by atoms with van der Waals surface area (Å²) in [4.78, 5) is 11.8. The number of halogens is 2. The number of rotatable bonds is 2. The Bertz CT molecular complexity index is 429. The second-order valence-electron chi connectivity index (χ2n) is 4.96. The third-order valence-electron chi connectivity index (χ3n) is 2.40. The molecule has 3 N–H and O–H groups in total. The molecule has 1 aromatic rings. The van der Waals surface area contributed by atoms with Gasteiger partial charge in [0.2, 0.25) is 5.91 Å². The largest absolute Gasteiger partial charge is 0.325 e. The third kappa shape index (κ3) is 3.78. The topological polar surface area (TPSA) is 55.1 Å². The first kappa shape index (κ1) is 14.1. The molecule has 0 unspecified atom stereocenters. The number of benzene rings is 1. The van der Waals surface area contributed by atoms with Crippen molar-refractivity contribution in [2.75, 3.05) is 5.32 Å². The molecule has 3 nitrogen and oxygen atoms in total. The van der Waals surface area contributed by atoms with E-state index in [0.717, 1.165) is 0 Å². The van der Waals surface area contributed by atoms with E-state index in [0.29, 0.717) is 10.2 Å². The summed E-state index contributed by atoms with van der Waals surface area (Å²) in [5, 5.41) is 2.59. The van der Waals surface area contributed by atoms with Gasteiger partial charge in [-0.15, -0.1) is 0 Å². The van der Waals surface area contributed by atoms with Crippen LogP contribution in [-0.2, 0) is 4.79 Å². The number of hydrogen-bond donors (Lipinski definition) is 2. The van der Waals surface area contributed by atoms with Crippen LogP contribution in [0.2, 0.25) is 0 Å².